The quantitative estimate of drug-likeness (QED) is 0.0944. The van der Waals surface area contributed by atoms with Crippen LogP contribution in [0, 0.1) is 24.9 Å². The number of nitrogens with zero attached hydrogens (tertiary/aromatic N) is 2. The van der Waals surface area contributed by atoms with Crippen LogP contribution in [0.25, 0.3) is 22.5 Å². The normalized spacial score (nSPS) is 22.1. The Morgan fingerprint density at radius 3 is 1.35 bits per heavy atom. The number of fused-ring (bicyclic) bond motifs is 2. The third kappa shape index (κ3) is 4.63. The summed E-state index contributed by atoms with van der Waals surface area (Å²) in [7, 11) is -9.77. The highest BCUT2D eigenvalue weighted by molar-refractivity contribution is 7.87. The van der Waals surface area contributed by atoms with Gasteiger partial charge in [0.2, 0.25) is 2.82 Å². The summed E-state index contributed by atoms with van der Waals surface area (Å²) in [6, 6.07) is 23.1. The predicted octanol–water partition coefficient (Wildman–Crippen LogP) is 6.36. The average molecular weight is 685 g/mol. The molecular weight excluding hydrogens is 653 g/mol. The largest absolute Gasteiger partial charge is 0.397 e. The molecule has 2 atom stereocenters. The topological polar surface area (TPSA) is 233 Å². The maximum atomic E-state index is 13.4. The van der Waals surface area contributed by atoms with Gasteiger partial charge in [0.05, 0.1) is 22.8 Å². The molecule has 8 N–H and O–H groups in total. The molecule has 14 heteroatoms. The average Bonchev–Trinajstić information content (AvgIpc) is 3.07. The van der Waals surface area contributed by atoms with Crippen LogP contribution in [0.3, 0.4) is 0 Å². The van der Waals surface area contributed by atoms with Crippen LogP contribution in [-0.2, 0) is 29.7 Å². The van der Waals surface area contributed by atoms with E-state index in [-0.39, 0.29) is 57.9 Å². The van der Waals surface area contributed by atoms with Crippen molar-refractivity contribution in [1.82, 2.24) is 0 Å². The van der Waals surface area contributed by atoms with Gasteiger partial charge in [-0.05, 0) is 58.4 Å². The fraction of sp³-hybridized carbons (Fsp3) is 0.176. The van der Waals surface area contributed by atoms with E-state index >= 15 is 0 Å². The second-order valence-corrected chi connectivity index (χ2v) is 15.3. The molecule has 0 aliphatic heterocycles. The van der Waals surface area contributed by atoms with E-state index in [9.17, 15) is 25.9 Å². The van der Waals surface area contributed by atoms with Crippen molar-refractivity contribution in [3.8, 4) is 11.1 Å². The van der Waals surface area contributed by atoms with Crippen molar-refractivity contribution in [1.29, 1.82) is 11.0 Å². The highest BCUT2D eigenvalue weighted by Gasteiger charge is 2.53. The summed E-state index contributed by atoms with van der Waals surface area (Å²) in [6.45, 7) is 3.41. The molecule has 0 bridgehead atoms. The van der Waals surface area contributed by atoms with Gasteiger partial charge in [0.15, 0.2) is 9.49 Å². The lowest BCUT2D eigenvalue weighted by molar-refractivity contribution is 0.438. The summed E-state index contributed by atoms with van der Waals surface area (Å²) in [5.74, 6) is 0. The van der Waals surface area contributed by atoms with Gasteiger partial charge >= 0.3 is 0 Å². The number of benzene rings is 4. The van der Waals surface area contributed by atoms with Crippen LogP contribution in [0.5, 0.6) is 0 Å². The molecule has 2 aliphatic rings. The minimum absolute atomic E-state index is 0.0343. The summed E-state index contributed by atoms with van der Waals surface area (Å²) in [5.41, 5.74) is 23.2. The molecule has 0 saturated carbocycles. The molecule has 12 nitrogen and oxygen atoms in total. The standard InChI is InChI=1S/C34H32N6O6S2/c1-19-15-21(11-13-25(19)33(47(41,42)43)17-29(39-37)31(35)23-7-3-5-9-27(23)33)22-12-14-26(20(2)16-22)34(48(44,45)46)18-30(40-38)32(36)24-8-4-6-10-28(24)34/h3-16,37-38H,17-18,35-36H2,1-2H3,(H,41,42,43)(H,44,45,46)/b39-37+,40-38+. The lowest BCUT2D eigenvalue weighted by Crippen LogP contribution is -2.41. The first-order valence-corrected chi connectivity index (χ1v) is 17.5. The Morgan fingerprint density at radius 2 is 1.02 bits per heavy atom. The molecule has 0 saturated heterocycles. The highest BCUT2D eigenvalue weighted by Crippen LogP contribution is 2.52. The van der Waals surface area contributed by atoms with Gasteiger partial charge in [-0.1, -0.05) is 84.9 Å². The number of hydrogen-bond donors (Lipinski definition) is 6. The van der Waals surface area contributed by atoms with Crippen LogP contribution in [0.1, 0.15) is 57.3 Å². The van der Waals surface area contributed by atoms with Crippen LogP contribution in [-0.4, -0.2) is 25.9 Å². The molecule has 0 aromatic heterocycles. The molecule has 6 rings (SSSR count). The van der Waals surface area contributed by atoms with Crippen LogP contribution >= 0.6 is 0 Å². The molecule has 2 unspecified atom stereocenters. The maximum absolute atomic E-state index is 13.4. The monoisotopic (exact) mass is 684 g/mol. The number of nitrogens with one attached hydrogen (secondary N) is 2. The summed E-state index contributed by atoms with van der Waals surface area (Å²) in [6.07, 6.45) is -0.740. The smallest absolute Gasteiger partial charge is 0.279 e. The molecule has 2 aliphatic carbocycles. The van der Waals surface area contributed by atoms with E-state index < -0.39 is 29.7 Å². The zero-order chi connectivity index (χ0) is 36.2. The van der Waals surface area contributed by atoms with Gasteiger partial charge < -0.3 is 11.5 Å². The summed E-state index contributed by atoms with van der Waals surface area (Å²) in [4.78, 5) is 0. The van der Waals surface area contributed by atoms with Gasteiger partial charge in [-0.3, -0.25) is 9.11 Å². The van der Waals surface area contributed by atoms with E-state index in [0.29, 0.717) is 33.4 Å². The van der Waals surface area contributed by atoms with Crippen molar-refractivity contribution in [2.24, 2.45) is 21.7 Å². The number of allylic oxidation sites excluding steroid dienone is 2. The Balaban J connectivity index is 1.50. The van der Waals surface area contributed by atoms with E-state index in [1.165, 1.54) is 0 Å². The Bertz CT molecular complexity index is 2260. The third-order valence-corrected chi connectivity index (χ3v) is 12.5. The minimum Gasteiger partial charge on any atom is -0.397 e. The van der Waals surface area contributed by atoms with Gasteiger partial charge in [0.25, 0.3) is 20.2 Å². The van der Waals surface area contributed by atoms with Crippen molar-refractivity contribution in [2.75, 3.05) is 0 Å². The van der Waals surface area contributed by atoms with E-state index in [0.717, 1.165) is 0 Å². The van der Waals surface area contributed by atoms with Crippen molar-refractivity contribution in [2.45, 2.75) is 36.2 Å². The second-order valence-electron chi connectivity index (χ2n) is 12.0. The second kappa shape index (κ2) is 11.3. The van der Waals surface area contributed by atoms with Crippen LogP contribution in [0.15, 0.2) is 107 Å². The molecule has 0 spiro atoms. The van der Waals surface area contributed by atoms with Crippen molar-refractivity contribution < 1.29 is 28.8 Å². The zero-order valence-corrected chi connectivity index (χ0v) is 27.4. The van der Waals surface area contributed by atoms with E-state index in [4.69, 9.17) is 14.3 Å². The van der Waals surface area contributed by atoms with Crippen LogP contribution < -0.4 is 11.5 Å². The fourth-order valence-electron chi connectivity index (χ4n) is 7.29. The molecule has 0 amide bonds. The van der Waals surface area contributed by atoms with Gasteiger partial charge in [-0.2, -0.15) is 27.1 Å². The van der Waals surface area contributed by atoms with Gasteiger partial charge in [0, 0.05) is 24.0 Å². The van der Waals surface area contributed by atoms with Gasteiger partial charge in [-0.15, -0.1) is 0 Å². The first-order chi connectivity index (χ1) is 23.6. The third-order valence-electron chi connectivity index (χ3n) is 9.54. The highest BCUT2D eigenvalue weighted by atomic mass is 32.2. The van der Waals surface area contributed by atoms with E-state index in [1.807, 2.05) is 0 Å². The van der Waals surface area contributed by atoms with Crippen molar-refractivity contribution >= 4 is 31.6 Å². The Kier molecular flexibility index (Phi) is 7.14. The summed E-state index contributed by atoms with van der Waals surface area (Å²) < 4.78 is 86.0. The SMILES string of the molecule is [H]/N=N/C1=C(N)c2ccccc2C(c2ccc(-c3ccc(C4(S(=O)(=O)O)CC(/N=N/[H])=C(N)c5ccccc54)c(C)c3)cc2C)(S(=O)(=O)O)C1. The first-order valence-electron chi connectivity index (χ1n) is 15.6. The van der Waals surface area contributed by atoms with Crippen molar-refractivity contribution in [3.05, 3.63) is 141 Å². The van der Waals surface area contributed by atoms with Crippen molar-refractivity contribution in [3.63, 3.8) is 0 Å². The summed E-state index contributed by atoms with van der Waals surface area (Å²) in [5, 5.41) is 7.57. The van der Waals surface area contributed by atoms with E-state index in [2.05, 4.69) is 21.3 Å². The molecule has 0 radical (unpaired) electrons. The van der Waals surface area contributed by atoms with E-state index in [1.54, 1.807) is 98.8 Å². The van der Waals surface area contributed by atoms with Gasteiger partial charge in [0.1, 0.15) is 0 Å². The molecule has 246 valence electrons. The minimum atomic E-state index is -4.88. The Hall–Kier alpha value is -5.02. The lowest BCUT2D eigenvalue weighted by Gasteiger charge is -2.38. The zero-order valence-electron chi connectivity index (χ0n) is 27.8. The number of nitrogens with two attached hydrogens (primary N) is 2. The maximum Gasteiger partial charge on any atom is 0.279 e. The lowest BCUT2D eigenvalue weighted by atomic mass is 9.76. The van der Waals surface area contributed by atoms with Crippen LogP contribution in [0.2, 0.25) is 2.82 Å². The number of rotatable bonds is 7. The van der Waals surface area contributed by atoms with Gasteiger partial charge in [-0.25, -0.2) is 11.0 Å². The Morgan fingerprint density at radius 1 is 0.646 bits per heavy atom. The number of aryl methyl sites for hydroxylation is 2. The molecule has 48 heavy (non-hydrogen) atoms. The number of hydrogen-bond acceptors (Lipinski definition) is 10. The molecule has 4 aromatic carbocycles. The molecular formula is C34H32N6O6S2. The molecule has 4 aromatic rings. The van der Waals surface area contributed by atoms with Crippen LogP contribution in [0.4, 0.5) is 0 Å². The Labute approximate surface area is 280 Å². The fourth-order valence-corrected chi connectivity index (χ4v) is 9.86. The first kappa shape index (κ1) is 30.3. The predicted molar refractivity (Wildman–Crippen MR) is 181 cm³/mol. The molecule has 0 heterocycles. The molecule has 0 fully saturated rings. The summed E-state index contributed by atoms with van der Waals surface area (Å²) >= 11 is 0.